The van der Waals surface area contributed by atoms with Crippen LogP contribution in [0.15, 0.2) is 28.8 Å². The van der Waals surface area contributed by atoms with E-state index in [0.29, 0.717) is 18.2 Å². The van der Waals surface area contributed by atoms with Crippen LogP contribution < -0.4 is 11.1 Å². The molecule has 11 heteroatoms. The van der Waals surface area contributed by atoms with Gasteiger partial charge >= 0.3 is 0 Å². The summed E-state index contributed by atoms with van der Waals surface area (Å²) in [4.78, 5) is 41.1. The SMILES string of the molecule is Cc1cc(C(=O)N2CCCN(C(=O)c3cc(F)cc(F)c3)C2C(=O)NCCN)no1. The number of nitrogens with zero attached hydrogens (tertiary/aromatic N) is 3. The molecule has 30 heavy (non-hydrogen) atoms. The number of benzene rings is 1. The Morgan fingerprint density at radius 1 is 1.13 bits per heavy atom. The van der Waals surface area contributed by atoms with E-state index in [1.54, 1.807) is 6.92 Å². The molecule has 0 bridgehead atoms. The first-order valence-electron chi connectivity index (χ1n) is 9.31. The van der Waals surface area contributed by atoms with Crippen LogP contribution in [0.4, 0.5) is 8.78 Å². The van der Waals surface area contributed by atoms with E-state index in [2.05, 4.69) is 10.5 Å². The van der Waals surface area contributed by atoms with Gasteiger partial charge in [0.1, 0.15) is 17.4 Å². The van der Waals surface area contributed by atoms with Gasteiger partial charge in [-0.3, -0.25) is 14.4 Å². The van der Waals surface area contributed by atoms with E-state index < -0.39 is 35.5 Å². The summed E-state index contributed by atoms with van der Waals surface area (Å²) >= 11 is 0. The third kappa shape index (κ3) is 4.46. The maximum Gasteiger partial charge on any atom is 0.278 e. The fourth-order valence-electron chi connectivity index (χ4n) is 3.28. The number of amides is 3. The van der Waals surface area contributed by atoms with Crippen molar-refractivity contribution in [2.24, 2.45) is 5.73 Å². The smallest absolute Gasteiger partial charge is 0.278 e. The number of rotatable bonds is 5. The Balaban J connectivity index is 1.96. The lowest BCUT2D eigenvalue weighted by Crippen LogP contribution is -2.63. The first-order chi connectivity index (χ1) is 14.3. The molecule has 1 fully saturated rings. The highest BCUT2D eigenvalue weighted by Crippen LogP contribution is 2.21. The number of nitrogens with two attached hydrogens (primary N) is 1. The van der Waals surface area contributed by atoms with Gasteiger partial charge in [-0.25, -0.2) is 8.78 Å². The first kappa shape index (κ1) is 21.4. The topological polar surface area (TPSA) is 122 Å². The lowest BCUT2D eigenvalue weighted by Gasteiger charge is -2.42. The molecule has 2 aromatic rings. The van der Waals surface area contributed by atoms with Crippen LogP contribution in [-0.4, -0.2) is 65.0 Å². The number of carbonyl (C=O) groups is 3. The van der Waals surface area contributed by atoms with Crippen LogP contribution in [0, 0.1) is 18.6 Å². The van der Waals surface area contributed by atoms with Gasteiger partial charge in [0.2, 0.25) is 0 Å². The number of aromatic nitrogens is 1. The third-order valence-corrected chi connectivity index (χ3v) is 4.54. The van der Waals surface area contributed by atoms with Crippen LogP contribution in [0.1, 0.15) is 33.0 Å². The lowest BCUT2D eigenvalue weighted by molar-refractivity contribution is -0.132. The van der Waals surface area contributed by atoms with Crippen LogP contribution in [0.2, 0.25) is 0 Å². The Kier molecular flexibility index (Phi) is 6.40. The Morgan fingerprint density at radius 2 is 1.77 bits per heavy atom. The largest absolute Gasteiger partial charge is 0.361 e. The van der Waals surface area contributed by atoms with Crippen molar-refractivity contribution < 1.29 is 27.7 Å². The third-order valence-electron chi connectivity index (χ3n) is 4.54. The molecule has 1 aromatic heterocycles. The Bertz CT molecular complexity index is 944. The highest BCUT2D eigenvalue weighted by Gasteiger charge is 2.41. The van der Waals surface area contributed by atoms with Gasteiger partial charge in [-0.05, 0) is 25.5 Å². The summed E-state index contributed by atoms with van der Waals surface area (Å²) in [6.07, 6.45) is -0.985. The van der Waals surface area contributed by atoms with E-state index in [0.717, 1.165) is 17.0 Å². The van der Waals surface area contributed by atoms with E-state index in [4.69, 9.17) is 10.3 Å². The molecule has 1 unspecified atom stereocenters. The summed E-state index contributed by atoms with van der Waals surface area (Å²) in [6.45, 7) is 2.17. The second kappa shape index (κ2) is 8.99. The molecule has 160 valence electrons. The van der Waals surface area contributed by atoms with Crippen LogP contribution in [0.3, 0.4) is 0 Å². The van der Waals surface area contributed by atoms with Crippen LogP contribution in [0.5, 0.6) is 0 Å². The van der Waals surface area contributed by atoms with Crippen LogP contribution in [0.25, 0.3) is 0 Å². The zero-order chi connectivity index (χ0) is 21.8. The quantitative estimate of drug-likeness (QED) is 0.731. The van der Waals surface area contributed by atoms with E-state index in [1.165, 1.54) is 11.0 Å². The van der Waals surface area contributed by atoms with Crippen molar-refractivity contribution in [1.29, 1.82) is 0 Å². The minimum absolute atomic E-state index is 0.0183. The van der Waals surface area contributed by atoms with Gasteiger partial charge in [-0.2, -0.15) is 0 Å². The number of nitrogens with one attached hydrogen (secondary N) is 1. The highest BCUT2D eigenvalue weighted by atomic mass is 19.1. The molecule has 0 saturated carbocycles. The summed E-state index contributed by atoms with van der Waals surface area (Å²) in [5.74, 6) is -3.48. The molecular formula is C19H21F2N5O4. The van der Waals surface area contributed by atoms with Crippen molar-refractivity contribution in [3.05, 3.63) is 52.9 Å². The Morgan fingerprint density at radius 3 is 2.33 bits per heavy atom. The van der Waals surface area contributed by atoms with Crippen molar-refractivity contribution in [1.82, 2.24) is 20.3 Å². The number of hydrogen-bond acceptors (Lipinski definition) is 6. The maximum atomic E-state index is 13.6. The fraction of sp³-hybridized carbons (Fsp3) is 0.368. The molecule has 3 N–H and O–H groups in total. The van der Waals surface area contributed by atoms with Crippen molar-refractivity contribution in [2.75, 3.05) is 26.2 Å². The average molecular weight is 421 g/mol. The molecular weight excluding hydrogens is 400 g/mol. The monoisotopic (exact) mass is 421 g/mol. The number of aryl methyl sites for hydroxylation is 1. The van der Waals surface area contributed by atoms with E-state index >= 15 is 0 Å². The van der Waals surface area contributed by atoms with Gasteiger partial charge in [0.05, 0.1) is 0 Å². The number of hydrogen-bond donors (Lipinski definition) is 2. The van der Waals surface area contributed by atoms with Gasteiger partial charge in [0.25, 0.3) is 17.7 Å². The molecule has 1 aliphatic rings. The maximum absolute atomic E-state index is 13.6. The molecule has 9 nitrogen and oxygen atoms in total. The summed E-state index contributed by atoms with van der Waals surface area (Å²) < 4.78 is 32.2. The predicted molar refractivity (Wildman–Crippen MR) is 100 cm³/mol. The van der Waals surface area contributed by atoms with Gasteiger partial charge in [-0.15, -0.1) is 0 Å². The zero-order valence-electron chi connectivity index (χ0n) is 16.2. The van der Waals surface area contributed by atoms with Crippen molar-refractivity contribution in [3.63, 3.8) is 0 Å². The minimum Gasteiger partial charge on any atom is -0.361 e. The Hall–Kier alpha value is -3.34. The van der Waals surface area contributed by atoms with Gasteiger partial charge in [-0.1, -0.05) is 5.16 Å². The summed E-state index contributed by atoms with van der Waals surface area (Å²) in [6, 6.07) is 3.81. The summed E-state index contributed by atoms with van der Waals surface area (Å²) in [7, 11) is 0. The predicted octanol–water partition coefficient (Wildman–Crippen LogP) is 0.651. The normalized spacial score (nSPS) is 16.5. The molecule has 3 amide bonds. The lowest BCUT2D eigenvalue weighted by atomic mass is 10.1. The molecule has 1 atom stereocenters. The number of halogens is 2. The van der Waals surface area contributed by atoms with Crippen LogP contribution >= 0.6 is 0 Å². The minimum atomic E-state index is -1.34. The molecule has 0 aliphatic carbocycles. The van der Waals surface area contributed by atoms with Gasteiger partial charge in [0.15, 0.2) is 11.9 Å². The summed E-state index contributed by atoms with van der Waals surface area (Å²) in [5, 5.41) is 6.24. The highest BCUT2D eigenvalue weighted by molar-refractivity contribution is 6.01. The number of carbonyl (C=O) groups excluding carboxylic acids is 3. The second-order valence-electron chi connectivity index (χ2n) is 6.78. The van der Waals surface area contributed by atoms with Gasteiger partial charge < -0.3 is 25.4 Å². The van der Waals surface area contributed by atoms with E-state index in [-0.39, 0.29) is 37.4 Å². The molecule has 2 heterocycles. The zero-order valence-corrected chi connectivity index (χ0v) is 16.2. The van der Waals surface area contributed by atoms with E-state index in [1.807, 2.05) is 0 Å². The second-order valence-corrected chi connectivity index (χ2v) is 6.78. The molecule has 0 spiro atoms. The van der Waals surface area contributed by atoms with Crippen molar-refractivity contribution in [2.45, 2.75) is 19.5 Å². The first-order valence-corrected chi connectivity index (χ1v) is 9.31. The molecule has 1 saturated heterocycles. The fourth-order valence-corrected chi connectivity index (χ4v) is 3.28. The van der Waals surface area contributed by atoms with Crippen molar-refractivity contribution in [3.8, 4) is 0 Å². The Labute approximate surface area is 170 Å². The molecule has 1 aliphatic heterocycles. The van der Waals surface area contributed by atoms with Gasteiger partial charge in [0, 0.05) is 43.9 Å². The molecule has 1 aromatic carbocycles. The average Bonchev–Trinajstić information content (AvgIpc) is 3.15. The molecule has 3 rings (SSSR count). The standard InChI is InChI=1S/C19H21F2N5O4/c1-11-7-15(24-30-11)19(29)26-6-2-5-25(17(26)16(27)23-4-3-22)18(28)12-8-13(20)10-14(21)9-12/h7-10,17H,2-6,22H2,1H3,(H,23,27). The van der Waals surface area contributed by atoms with Crippen LogP contribution in [-0.2, 0) is 4.79 Å². The van der Waals surface area contributed by atoms with E-state index in [9.17, 15) is 23.2 Å². The molecule has 0 radical (unpaired) electrons. The van der Waals surface area contributed by atoms with Crippen molar-refractivity contribution >= 4 is 17.7 Å². The summed E-state index contributed by atoms with van der Waals surface area (Å²) in [5.41, 5.74) is 5.15.